The number of halogens is 1. The highest BCUT2D eigenvalue weighted by Gasteiger charge is 2.20. The molecule has 1 saturated heterocycles. The highest BCUT2D eigenvalue weighted by atomic mass is 19.1. The van der Waals surface area contributed by atoms with E-state index >= 15 is 0 Å². The van der Waals surface area contributed by atoms with E-state index in [1.807, 2.05) is 12.1 Å². The molecule has 1 aliphatic rings. The molecule has 0 bridgehead atoms. The van der Waals surface area contributed by atoms with Crippen molar-refractivity contribution in [1.29, 1.82) is 0 Å². The fourth-order valence-corrected chi connectivity index (χ4v) is 2.84. The molecule has 0 radical (unpaired) electrons. The van der Waals surface area contributed by atoms with Crippen LogP contribution < -0.4 is 0 Å². The van der Waals surface area contributed by atoms with Crippen LogP contribution in [0.4, 0.5) is 4.39 Å². The molecule has 0 atom stereocenters. The van der Waals surface area contributed by atoms with Gasteiger partial charge in [0.15, 0.2) is 0 Å². The summed E-state index contributed by atoms with van der Waals surface area (Å²) in [6.45, 7) is 2.86. The van der Waals surface area contributed by atoms with Gasteiger partial charge >= 0.3 is 5.97 Å². The lowest BCUT2D eigenvalue weighted by molar-refractivity contribution is -0.137. The molecule has 1 fully saturated rings. The van der Waals surface area contributed by atoms with Gasteiger partial charge in [0.2, 0.25) is 0 Å². The van der Waals surface area contributed by atoms with Gasteiger partial charge in [-0.3, -0.25) is 4.79 Å². The fraction of sp³-hybridized carbons (Fsp3) is 0.562. The second-order valence-corrected chi connectivity index (χ2v) is 5.58. The summed E-state index contributed by atoms with van der Waals surface area (Å²) in [6, 6.07) is 7.01. The molecular weight excluding hydrogens is 257 g/mol. The lowest BCUT2D eigenvalue weighted by Crippen LogP contribution is -2.35. The van der Waals surface area contributed by atoms with Gasteiger partial charge in [-0.25, -0.2) is 4.39 Å². The average Bonchev–Trinajstić information content (AvgIpc) is 2.43. The molecule has 1 heterocycles. The Hall–Kier alpha value is -1.42. The van der Waals surface area contributed by atoms with Crippen LogP contribution in [-0.4, -0.2) is 35.6 Å². The second-order valence-electron chi connectivity index (χ2n) is 5.58. The quantitative estimate of drug-likeness (QED) is 0.870. The van der Waals surface area contributed by atoms with Crippen molar-refractivity contribution < 1.29 is 14.3 Å². The third-order valence-electron chi connectivity index (χ3n) is 4.04. The van der Waals surface area contributed by atoms with E-state index in [1.165, 1.54) is 6.07 Å². The van der Waals surface area contributed by atoms with Gasteiger partial charge in [-0.2, -0.15) is 0 Å². The summed E-state index contributed by atoms with van der Waals surface area (Å²) in [5, 5.41) is 8.62. The minimum absolute atomic E-state index is 0.101. The SMILES string of the molecule is O=C(O)CCCN1CCC(Cc2ccccc2F)CC1. The maximum Gasteiger partial charge on any atom is 0.303 e. The largest absolute Gasteiger partial charge is 0.481 e. The monoisotopic (exact) mass is 279 g/mol. The molecule has 1 aliphatic heterocycles. The topological polar surface area (TPSA) is 40.5 Å². The van der Waals surface area contributed by atoms with Crippen molar-refractivity contribution in [3.05, 3.63) is 35.6 Å². The van der Waals surface area contributed by atoms with Gasteiger partial charge in [0.05, 0.1) is 0 Å². The molecule has 20 heavy (non-hydrogen) atoms. The lowest BCUT2D eigenvalue weighted by atomic mass is 9.90. The van der Waals surface area contributed by atoms with Crippen molar-refractivity contribution in [3.8, 4) is 0 Å². The van der Waals surface area contributed by atoms with Crippen molar-refractivity contribution in [2.45, 2.75) is 32.1 Å². The minimum Gasteiger partial charge on any atom is -0.481 e. The molecule has 2 rings (SSSR count). The molecule has 0 unspecified atom stereocenters. The highest BCUT2D eigenvalue weighted by molar-refractivity contribution is 5.66. The molecular formula is C16H22FNO2. The molecule has 0 amide bonds. The van der Waals surface area contributed by atoms with Crippen LogP contribution in [0.3, 0.4) is 0 Å². The Morgan fingerprint density at radius 2 is 2.00 bits per heavy atom. The van der Waals surface area contributed by atoms with Crippen LogP contribution in [0.5, 0.6) is 0 Å². The van der Waals surface area contributed by atoms with E-state index in [9.17, 15) is 9.18 Å². The minimum atomic E-state index is -0.723. The lowest BCUT2D eigenvalue weighted by Gasteiger charge is -2.32. The molecule has 1 aromatic carbocycles. The predicted octanol–water partition coefficient (Wildman–Crippen LogP) is 2.95. The molecule has 4 heteroatoms. The summed E-state index contributed by atoms with van der Waals surface area (Å²) in [5.74, 6) is -0.279. The predicted molar refractivity (Wildman–Crippen MR) is 76.1 cm³/mol. The standard InChI is InChI=1S/C16H22FNO2/c17-15-5-2-1-4-14(15)12-13-7-10-18(11-8-13)9-3-6-16(19)20/h1-2,4-5,13H,3,6-12H2,(H,19,20). The zero-order valence-electron chi connectivity index (χ0n) is 11.7. The summed E-state index contributed by atoms with van der Waals surface area (Å²) in [6.07, 6.45) is 3.92. The van der Waals surface area contributed by atoms with E-state index in [-0.39, 0.29) is 12.2 Å². The molecule has 0 aliphatic carbocycles. The number of rotatable bonds is 6. The first-order valence-corrected chi connectivity index (χ1v) is 7.32. The average molecular weight is 279 g/mol. The third kappa shape index (κ3) is 4.60. The first-order chi connectivity index (χ1) is 9.65. The van der Waals surface area contributed by atoms with Gasteiger partial charge in [-0.05, 0) is 62.9 Å². The Morgan fingerprint density at radius 3 is 2.65 bits per heavy atom. The molecule has 0 saturated carbocycles. The van der Waals surface area contributed by atoms with Crippen LogP contribution in [-0.2, 0) is 11.2 Å². The number of nitrogens with zero attached hydrogens (tertiary/aromatic N) is 1. The summed E-state index contributed by atoms with van der Waals surface area (Å²) < 4.78 is 13.6. The molecule has 1 aromatic rings. The van der Waals surface area contributed by atoms with Crippen molar-refractivity contribution >= 4 is 5.97 Å². The Balaban J connectivity index is 1.72. The summed E-state index contributed by atoms with van der Waals surface area (Å²) >= 11 is 0. The van der Waals surface area contributed by atoms with Crippen LogP contribution >= 0.6 is 0 Å². The van der Waals surface area contributed by atoms with E-state index in [0.717, 1.165) is 44.5 Å². The van der Waals surface area contributed by atoms with Gasteiger partial charge in [-0.1, -0.05) is 18.2 Å². The van der Waals surface area contributed by atoms with Gasteiger partial charge in [0.1, 0.15) is 5.82 Å². The van der Waals surface area contributed by atoms with E-state index in [1.54, 1.807) is 6.07 Å². The fourth-order valence-electron chi connectivity index (χ4n) is 2.84. The Labute approximate surface area is 119 Å². The first kappa shape index (κ1) is 15.0. The number of hydrogen-bond donors (Lipinski definition) is 1. The number of piperidine rings is 1. The number of carbonyl (C=O) groups is 1. The molecule has 3 nitrogen and oxygen atoms in total. The molecule has 0 aromatic heterocycles. The van der Waals surface area contributed by atoms with Crippen molar-refractivity contribution in [2.75, 3.05) is 19.6 Å². The van der Waals surface area contributed by atoms with Crippen molar-refractivity contribution in [1.82, 2.24) is 4.90 Å². The Bertz CT molecular complexity index is 442. The van der Waals surface area contributed by atoms with Gasteiger partial charge in [0.25, 0.3) is 0 Å². The number of benzene rings is 1. The smallest absolute Gasteiger partial charge is 0.303 e. The number of hydrogen-bond acceptors (Lipinski definition) is 2. The summed E-state index contributed by atoms with van der Waals surface area (Å²) in [5.41, 5.74) is 0.817. The van der Waals surface area contributed by atoms with Crippen LogP contribution in [0.1, 0.15) is 31.2 Å². The van der Waals surface area contributed by atoms with Crippen molar-refractivity contribution in [2.24, 2.45) is 5.92 Å². The number of carboxylic acid groups (broad SMARTS) is 1. The second kappa shape index (κ2) is 7.39. The van der Waals surface area contributed by atoms with Gasteiger partial charge < -0.3 is 10.0 Å². The number of carboxylic acids is 1. The van der Waals surface area contributed by atoms with E-state index in [2.05, 4.69) is 4.90 Å². The van der Waals surface area contributed by atoms with E-state index in [0.29, 0.717) is 12.3 Å². The first-order valence-electron chi connectivity index (χ1n) is 7.32. The van der Waals surface area contributed by atoms with Crippen LogP contribution in [0, 0.1) is 11.7 Å². The van der Waals surface area contributed by atoms with E-state index in [4.69, 9.17) is 5.11 Å². The van der Waals surface area contributed by atoms with Crippen LogP contribution in [0.2, 0.25) is 0 Å². The molecule has 1 N–H and O–H groups in total. The number of aliphatic carboxylic acids is 1. The Kier molecular flexibility index (Phi) is 5.53. The summed E-state index contributed by atoms with van der Waals surface area (Å²) in [4.78, 5) is 12.8. The Morgan fingerprint density at radius 1 is 1.30 bits per heavy atom. The zero-order valence-corrected chi connectivity index (χ0v) is 11.7. The zero-order chi connectivity index (χ0) is 14.4. The molecule has 110 valence electrons. The maximum absolute atomic E-state index is 13.6. The van der Waals surface area contributed by atoms with Gasteiger partial charge in [-0.15, -0.1) is 0 Å². The molecule has 0 spiro atoms. The van der Waals surface area contributed by atoms with Crippen molar-refractivity contribution in [3.63, 3.8) is 0 Å². The van der Waals surface area contributed by atoms with Gasteiger partial charge in [0, 0.05) is 6.42 Å². The third-order valence-corrected chi connectivity index (χ3v) is 4.04. The number of likely N-dealkylation sites (tertiary alicyclic amines) is 1. The highest BCUT2D eigenvalue weighted by Crippen LogP contribution is 2.23. The van der Waals surface area contributed by atoms with Crippen LogP contribution in [0.15, 0.2) is 24.3 Å². The van der Waals surface area contributed by atoms with E-state index < -0.39 is 5.97 Å². The summed E-state index contributed by atoms with van der Waals surface area (Å²) in [7, 11) is 0. The maximum atomic E-state index is 13.6. The normalized spacial score (nSPS) is 17.2. The van der Waals surface area contributed by atoms with Crippen LogP contribution in [0.25, 0.3) is 0 Å².